The minimum absolute atomic E-state index is 0.621. The summed E-state index contributed by atoms with van der Waals surface area (Å²) in [6, 6.07) is 14.4. The second-order valence-corrected chi connectivity index (χ2v) is 7.27. The molecule has 0 spiro atoms. The molecule has 2 aromatic carbocycles. The number of aliphatic hydroxyl groups excluding tert-OH is 1. The third-order valence-electron chi connectivity index (χ3n) is 4.76. The normalized spacial score (nSPS) is 15.9. The Kier molecular flexibility index (Phi) is 4.57. The van der Waals surface area contributed by atoms with Crippen molar-refractivity contribution in [1.29, 1.82) is 0 Å². The van der Waals surface area contributed by atoms with Crippen LogP contribution in [0, 0.1) is 0 Å². The van der Waals surface area contributed by atoms with Gasteiger partial charge in [0.2, 0.25) is 0 Å². The minimum atomic E-state index is -0.621. The number of anilines is 2. The second kappa shape index (κ2) is 7.00. The van der Waals surface area contributed by atoms with Crippen molar-refractivity contribution < 1.29 is 5.11 Å². The molecule has 0 aliphatic carbocycles. The van der Waals surface area contributed by atoms with Crippen molar-refractivity contribution in [3.8, 4) is 0 Å². The van der Waals surface area contributed by atoms with Gasteiger partial charge in [-0.3, -0.25) is 4.90 Å². The smallest absolute Gasteiger partial charge is 0.149 e. The number of hydrogen-bond donors (Lipinski definition) is 3. The van der Waals surface area contributed by atoms with Crippen LogP contribution in [-0.2, 0) is 13.0 Å². The van der Waals surface area contributed by atoms with Crippen LogP contribution in [0.1, 0.15) is 17.5 Å². The Morgan fingerprint density at radius 2 is 2.04 bits per heavy atom. The van der Waals surface area contributed by atoms with E-state index in [0.717, 1.165) is 41.8 Å². The monoisotopic (exact) mass is 354 g/mol. The lowest BCUT2D eigenvalue weighted by Gasteiger charge is -2.29. The van der Waals surface area contributed by atoms with Gasteiger partial charge in [0.05, 0.1) is 10.4 Å². The van der Waals surface area contributed by atoms with Crippen molar-refractivity contribution in [2.24, 2.45) is 0 Å². The Bertz CT molecular complexity index is 879. The molecule has 0 unspecified atom stereocenters. The fourth-order valence-corrected chi connectivity index (χ4v) is 4.14. The number of nitrogen functional groups attached to an aromatic ring is 1. The SMILES string of the molecule is Nc1cccc2c(N[C@@H](O)CCN3CCc4ccccc4C3)nsc12. The molecular weight excluding hydrogens is 332 g/mol. The third-order valence-corrected chi connectivity index (χ3v) is 5.67. The number of nitrogens with one attached hydrogen (secondary N) is 1. The van der Waals surface area contributed by atoms with Gasteiger partial charge in [-0.05, 0) is 41.2 Å². The van der Waals surface area contributed by atoms with E-state index in [1.807, 2.05) is 18.2 Å². The van der Waals surface area contributed by atoms with Crippen LogP contribution in [0.4, 0.5) is 11.5 Å². The summed E-state index contributed by atoms with van der Waals surface area (Å²) < 4.78 is 5.36. The van der Waals surface area contributed by atoms with Crippen molar-refractivity contribution in [3.05, 3.63) is 53.6 Å². The van der Waals surface area contributed by atoms with Gasteiger partial charge >= 0.3 is 0 Å². The minimum Gasteiger partial charge on any atom is -0.398 e. The van der Waals surface area contributed by atoms with Crippen molar-refractivity contribution in [3.63, 3.8) is 0 Å². The summed E-state index contributed by atoms with van der Waals surface area (Å²) in [4.78, 5) is 2.39. The molecule has 2 heterocycles. The molecule has 4 N–H and O–H groups in total. The molecule has 6 heteroatoms. The van der Waals surface area contributed by atoms with Crippen LogP contribution in [0.15, 0.2) is 42.5 Å². The van der Waals surface area contributed by atoms with Gasteiger partial charge in [-0.2, -0.15) is 4.37 Å². The summed E-state index contributed by atoms with van der Waals surface area (Å²) >= 11 is 1.36. The molecule has 0 saturated heterocycles. The molecule has 0 amide bonds. The first-order chi connectivity index (χ1) is 12.2. The van der Waals surface area contributed by atoms with E-state index in [9.17, 15) is 5.11 Å². The zero-order valence-electron chi connectivity index (χ0n) is 14.0. The summed E-state index contributed by atoms with van der Waals surface area (Å²) in [5.41, 5.74) is 9.54. The van der Waals surface area contributed by atoms with E-state index < -0.39 is 6.23 Å². The molecule has 25 heavy (non-hydrogen) atoms. The summed E-state index contributed by atoms with van der Waals surface area (Å²) in [5, 5.41) is 14.5. The van der Waals surface area contributed by atoms with E-state index in [2.05, 4.69) is 38.9 Å². The Morgan fingerprint density at radius 1 is 1.20 bits per heavy atom. The summed E-state index contributed by atoms with van der Waals surface area (Å²) in [5.74, 6) is 0.712. The molecule has 1 aromatic heterocycles. The maximum absolute atomic E-state index is 10.4. The molecule has 3 aromatic rings. The van der Waals surface area contributed by atoms with Gasteiger partial charge in [-0.15, -0.1) is 0 Å². The first-order valence-corrected chi connectivity index (χ1v) is 9.35. The predicted octanol–water partition coefficient (Wildman–Crippen LogP) is 3.06. The number of benzene rings is 2. The first-order valence-electron chi connectivity index (χ1n) is 8.58. The van der Waals surface area contributed by atoms with E-state index in [4.69, 9.17) is 5.73 Å². The Morgan fingerprint density at radius 3 is 2.92 bits per heavy atom. The molecule has 0 radical (unpaired) electrons. The molecule has 0 fully saturated rings. The molecule has 1 atom stereocenters. The average Bonchev–Trinajstić information content (AvgIpc) is 3.04. The summed E-state index contributed by atoms with van der Waals surface area (Å²) in [6.45, 7) is 2.85. The van der Waals surface area contributed by atoms with Crippen molar-refractivity contribution >= 4 is 33.1 Å². The van der Waals surface area contributed by atoms with Crippen LogP contribution in [0.25, 0.3) is 10.1 Å². The van der Waals surface area contributed by atoms with Crippen LogP contribution in [0.2, 0.25) is 0 Å². The quantitative estimate of drug-likeness (QED) is 0.485. The molecular formula is C19H22N4OS. The second-order valence-electron chi connectivity index (χ2n) is 6.50. The van der Waals surface area contributed by atoms with E-state index in [1.165, 1.54) is 22.7 Å². The highest BCUT2D eigenvalue weighted by atomic mass is 32.1. The van der Waals surface area contributed by atoms with Crippen molar-refractivity contribution in [2.75, 3.05) is 24.1 Å². The highest BCUT2D eigenvalue weighted by Crippen LogP contribution is 2.31. The fraction of sp³-hybridized carbons (Fsp3) is 0.316. The molecule has 4 rings (SSSR count). The number of fused-ring (bicyclic) bond motifs is 2. The van der Waals surface area contributed by atoms with Crippen molar-refractivity contribution in [2.45, 2.75) is 25.6 Å². The van der Waals surface area contributed by atoms with Crippen molar-refractivity contribution in [1.82, 2.24) is 9.27 Å². The van der Waals surface area contributed by atoms with Crippen LogP contribution in [0.5, 0.6) is 0 Å². The van der Waals surface area contributed by atoms with Crippen LogP contribution in [0.3, 0.4) is 0 Å². The Hall–Kier alpha value is -2.15. The number of hydrogen-bond acceptors (Lipinski definition) is 6. The van der Waals surface area contributed by atoms with Gasteiger partial charge in [-0.1, -0.05) is 30.3 Å². The van der Waals surface area contributed by atoms with E-state index in [1.54, 1.807) is 0 Å². The van der Waals surface area contributed by atoms with E-state index in [0.29, 0.717) is 12.2 Å². The van der Waals surface area contributed by atoms with Gasteiger partial charge in [0.15, 0.2) is 0 Å². The lowest BCUT2D eigenvalue weighted by atomic mass is 10.00. The predicted molar refractivity (Wildman–Crippen MR) is 104 cm³/mol. The average molecular weight is 354 g/mol. The molecule has 0 bridgehead atoms. The van der Waals surface area contributed by atoms with E-state index in [-0.39, 0.29) is 0 Å². The molecule has 1 aliphatic rings. The van der Waals surface area contributed by atoms with E-state index >= 15 is 0 Å². The summed E-state index contributed by atoms with van der Waals surface area (Å²) in [6.07, 6.45) is 1.11. The fourth-order valence-electron chi connectivity index (χ4n) is 3.37. The third kappa shape index (κ3) is 3.46. The molecule has 5 nitrogen and oxygen atoms in total. The molecule has 0 saturated carbocycles. The maximum atomic E-state index is 10.4. The lowest BCUT2D eigenvalue weighted by Crippen LogP contribution is -2.34. The topological polar surface area (TPSA) is 74.4 Å². The lowest BCUT2D eigenvalue weighted by molar-refractivity contribution is 0.157. The number of rotatable bonds is 5. The van der Waals surface area contributed by atoms with Gasteiger partial charge in [0.25, 0.3) is 0 Å². The van der Waals surface area contributed by atoms with Gasteiger partial charge in [0.1, 0.15) is 12.0 Å². The standard InChI is InChI=1S/C19H22N4OS/c20-16-7-3-6-15-18(16)25-22-19(15)21-17(24)9-11-23-10-8-13-4-1-2-5-14(13)12-23/h1-7,17,24H,8-12,20H2,(H,21,22)/t17-/m0/s1. The Labute approximate surface area is 151 Å². The molecule has 1 aliphatic heterocycles. The van der Waals surface area contributed by atoms with Crippen LogP contribution >= 0.6 is 11.5 Å². The zero-order valence-corrected chi connectivity index (χ0v) is 14.8. The zero-order chi connectivity index (χ0) is 17.2. The summed E-state index contributed by atoms with van der Waals surface area (Å²) in [7, 11) is 0. The van der Waals surface area contributed by atoms with Gasteiger partial charge < -0.3 is 16.2 Å². The number of aromatic nitrogens is 1. The number of nitrogens with two attached hydrogens (primary N) is 1. The number of nitrogens with zero attached hydrogens (tertiary/aromatic N) is 2. The Balaban J connectivity index is 1.35. The van der Waals surface area contributed by atoms with Gasteiger partial charge in [0, 0.05) is 31.4 Å². The number of aliphatic hydroxyl groups is 1. The van der Waals surface area contributed by atoms with Crippen LogP contribution < -0.4 is 11.1 Å². The maximum Gasteiger partial charge on any atom is 0.149 e. The highest BCUT2D eigenvalue weighted by molar-refractivity contribution is 7.14. The largest absolute Gasteiger partial charge is 0.398 e. The van der Waals surface area contributed by atoms with Gasteiger partial charge in [-0.25, -0.2) is 0 Å². The van der Waals surface area contributed by atoms with Crippen LogP contribution in [-0.4, -0.2) is 33.7 Å². The molecule has 130 valence electrons. The first kappa shape index (κ1) is 16.3. The highest BCUT2D eigenvalue weighted by Gasteiger charge is 2.17.